The molecule has 4 aromatic carbocycles. The molecule has 0 amide bonds. The third-order valence-corrected chi connectivity index (χ3v) is 9.72. The summed E-state index contributed by atoms with van der Waals surface area (Å²) in [6.45, 7) is 4.17. The van der Waals surface area contributed by atoms with E-state index in [1.165, 1.54) is 27.0 Å². The van der Waals surface area contributed by atoms with Crippen molar-refractivity contribution in [1.29, 1.82) is 0 Å². The Morgan fingerprint density at radius 2 is 0.933 bits per heavy atom. The second-order valence-electron chi connectivity index (χ2n) is 7.45. The van der Waals surface area contributed by atoms with Gasteiger partial charge in [0.25, 0.3) is 5.69 Å². The van der Waals surface area contributed by atoms with Crippen molar-refractivity contribution >= 4 is 34.2 Å². The number of nitro benzene ring substituents is 1. The van der Waals surface area contributed by atoms with E-state index in [1.54, 1.807) is 12.1 Å². The number of benzene rings is 4. The molecule has 0 aromatic heterocycles. The lowest BCUT2D eigenvalue weighted by atomic mass is 10.2. The second-order valence-corrected chi connectivity index (χ2v) is 10.9. The minimum Gasteiger partial charge on any atom is -0.258 e. The van der Waals surface area contributed by atoms with Crippen molar-refractivity contribution in [3.63, 3.8) is 0 Å². The molecular formula is C26H23NO2P+. The van der Waals surface area contributed by atoms with Crippen LogP contribution in [0.4, 0.5) is 5.69 Å². The predicted octanol–water partition coefficient (Wildman–Crippen LogP) is 4.83. The maximum absolute atomic E-state index is 11.3. The molecule has 3 nitrogen and oxygen atoms in total. The topological polar surface area (TPSA) is 43.1 Å². The van der Waals surface area contributed by atoms with Crippen LogP contribution in [-0.4, -0.2) is 4.92 Å². The highest BCUT2D eigenvalue weighted by atomic mass is 31.2. The summed E-state index contributed by atoms with van der Waals surface area (Å²) in [5, 5.41) is 16.1. The average Bonchev–Trinajstić information content (AvgIpc) is 2.78. The fraction of sp³-hybridized carbons (Fsp3) is 0.0769. The van der Waals surface area contributed by atoms with Crippen molar-refractivity contribution in [3.05, 3.63) is 124 Å². The van der Waals surface area contributed by atoms with E-state index in [2.05, 4.69) is 86.6 Å². The first-order valence-corrected chi connectivity index (χ1v) is 11.6. The van der Waals surface area contributed by atoms with Gasteiger partial charge in [-0.25, -0.2) is 0 Å². The van der Waals surface area contributed by atoms with E-state index in [0.29, 0.717) is 0 Å². The highest BCUT2D eigenvalue weighted by Gasteiger charge is 2.47. The molecule has 0 fully saturated rings. The van der Waals surface area contributed by atoms with Crippen molar-refractivity contribution in [2.24, 2.45) is 0 Å². The van der Waals surface area contributed by atoms with Gasteiger partial charge in [0.15, 0.2) is 0 Å². The van der Waals surface area contributed by atoms with Crippen molar-refractivity contribution in [3.8, 4) is 0 Å². The molecule has 0 radical (unpaired) electrons. The number of hydrogen-bond acceptors (Lipinski definition) is 2. The highest BCUT2D eigenvalue weighted by molar-refractivity contribution is 8.01. The molecule has 0 N–H and O–H groups in total. The molecule has 0 spiro atoms. The summed E-state index contributed by atoms with van der Waals surface area (Å²) in [5.74, 6) is 0. The molecule has 0 saturated heterocycles. The van der Waals surface area contributed by atoms with E-state index in [0.717, 1.165) is 5.30 Å². The first-order chi connectivity index (χ1) is 14.5. The van der Waals surface area contributed by atoms with Gasteiger partial charge in [-0.05, 0) is 62.4 Å². The van der Waals surface area contributed by atoms with Gasteiger partial charge in [-0.1, -0.05) is 53.6 Å². The van der Waals surface area contributed by atoms with E-state index in [9.17, 15) is 10.1 Å². The Bertz CT molecular complexity index is 1110. The fourth-order valence-electron chi connectivity index (χ4n) is 3.88. The van der Waals surface area contributed by atoms with Gasteiger partial charge in [0.2, 0.25) is 0 Å². The van der Waals surface area contributed by atoms with Gasteiger partial charge in [0.05, 0.1) is 4.92 Å². The van der Waals surface area contributed by atoms with Crippen LogP contribution in [0.1, 0.15) is 11.1 Å². The Kier molecular flexibility index (Phi) is 5.48. The molecule has 4 aromatic rings. The summed E-state index contributed by atoms with van der Waals surface area (Å²) in [5.41, 5.74) is 2.52. The van der Waals surface area contributed by atoms with Crippen molar-refractivity contribution in [1.82, 2.24) is 0 Å². The Morgan fingerprint density at radius 1 is 0.567 bits per heavy atom. The first kappa shape index (κ1) is 20.0. The molecule has 0 bridgehead atoms. The highest BCUT2D eigenvalue weighted by Crippen LogP contribution is 2.54. The van der Waals surface area contributed by atoms with Crippen LogP contribution in [0.2, 0.25) is 0 Å². The number of aryl methyl sites for hydroxylation is 2. The van der Waals surface area contributed by atoms with Gasteiger partial charge in [-0.2, -0.15) is 0 Å². The van der Waals surface area contributed by atoms with Gasteiger partial charge in [-0.15, -0.1) is 0 Å². The molecule has 0 aliphatic rings. The van der Waals surface area contributed by atoms with Crippen LogP contribution in [0.5, 0.6) is 0 Å². The molecule has 0 unspecified atom stereocenters. The third kappa shape index (κ3) is 3.53. The molecule has 4 heteroatoms. The van der Waals surface area contributed by atoms with Gasteiger partial charge < -0.3 is 0 Å². The minimum atomic E-state index is -2.22. The summed E-state index contributed by atoms with van der Waals surface area (Å²) >= 11 is 0. The van der Waals surface area contributed by atoms with Crippen LogP contribution < -0.4 is 21.2 Å². The second kappa shape index (κ2) is 8.22. The SMILES string of the molecule is Cc1ccc([P+](c2ccccc2)(c2ccc(C)cc2)c2ccc([N+](=O)[O-])cc2)cc1. The lowest BCUT2D eigenvalue weighted by Crippen LogP contribution is -2.38. The molecule has 0 saturated carbocycles. The lowest BCUT2D eigenvalue weighted by molar-refractivity contribution is -0.384. The van der Waals surface area contributed by atoms with Crippen LogP contribution in [0.25, 0.3) is 0 Å². The van der Waals surface area contributed by atoms with E-state index < -0.39 is 7.26 Å². The molecule has 0 aliphatic carbocycles. The zero-order chi connectivity index (χ0) is 21.1. The molecule has 0 aliphatic heterocycles. The normalized spacial score (nSPS) is 11.3. The van der Waals surface area contributed by atoms with Gasteiger partial charge in [0, 0.05) is 12.1 Å². The maximum Gasteiger partial charge on any atom is 0.269 e. The number of hydrogen-bond donors (Lipinski definition) is 0. The third-order valence-electron chi connectivity index (χ3n) is 5.43. The Hall–Kier alpha value is -3.29. The monoisotopic (exact) mass is 412 g/mol. The van der Waals surface area contributed by atoms with Gasteiger partial charge >= 0.3 is 0 Å². The molecule has 30 heavy (non-hydrogen) atoms. The van der Waals surface area contributed by atoms with Crippen molar-refractivity contribution in [2.75, 3.05) is 0 Å². The molecule has 4 rings (SSSR count). The molecule has 148 valence electrons. The largest absolute Gasteiger partial charge is 0.269 e. The summed E-state index contributed by atoms with van der Waals surface area (Å²) in [6.07, 6.45) is 0. The van der Waals surface area contributed by atoms with Crippen LogP contribution in [0.3, 0.4) is 0 Å². The van der Waals surface area contributed by atoms with Crippen LogP contribution in [0.15, 0.2) is 103 Å². The van der Waals surface area contributed by atoms with Crippen molar-refractivity contribution < 1.29 is 4.92 Å². The number of nitro groups is 1. The summed E-state index contributed by atoms with van der Waals surface area (Å²) in [7, 11) is -2.22. The van der Waals surface area contributed by atoms with E-state index in [1.807, 2.05) is 18.2 Å². The molecule has 0 atom stereocenters. The van der Waals surface area contributed by atoms with Crippen LogP contribution in [-0.2, 0) is 0 Å². The van der Waals surface area contributed by atoms with E-state index in [4.69, 9.17) is 0 Å². The minimum absolute atomic E-state index is 0.109. The predicted molar refractivity (Wildman–Crippen MR) is 127 cm³/mol. The van der Waals surface area contributed by atoms with Crippen LogP contribution >= 0.6 is 7.26 Å². The quantitative estimate of drug-likeness (QED) is 0.268. The van der Waals surface area contributed by atoms with Crippen LogP contribution in [0, 0.1) is 24.0 Å². The Balaban J connectivity index is 2.09. The zero-order valence-corrected chi connectivity index (χ0v) is 17.9. The van der Waals surface area contributed by atoms with Gasteiger partial charge in [-0.3, -0.25) is 10.1 Å². The average molecular weight is 412 g/mol. The van der Waals surface area contributed by atoms with Crippen molar-refractivity contribution in [2.45, 2.75) is 13.8 Å². The summed E-state index contributed by atoms with van der Waals surface area (Å²) in [4.78, 5) is 10.9. The Labute approximate surface area is 177 Å². The Morgan fingerprint density at radius 3 is 1.33 bits per heavy atom. The summed E-state index contributed by atoms with van der Waals surface area (Å²) < 4.78 is 0. The van der Waals surface area contributed by atoms with E-state index >= 15 is 0 Å². The summed E-state index contributed by atoms with van der Waals surface area (Å²) in [6, 6.07) is 35.0. The number of rotatable bonds is 5. The number of non-ortho nitro benzene ring substituents is 1. The smallest absolute Gasteiger partial charge is 0.258 e. The standard InChI is InChI=1S/C26H23NO2P/c1-20-8-14-24(15-9-20)30(23-6-4-3-5-7-23,25-16-10-21(2)11-17-25)26-18-12-22(13-19-26)27(28)29/h3-19H,1-2H3/q+1. The van der Waals surface area contributed by atoms with E-state index in [-0.39, 0.29) is 10.6 Å². The first-order valence-electron chi connectivity index (χ1n) is 9.86. The fourth-order valence-corrected chi connectivity index (χ4v) is 8.08. The molecule has 0 heterocycles. The maximum atomic E-state index is 11.3. The molecular weight excluding hydrogens is 389 g/mol. The zero-order valence-electron chi connectivity index (χ0n) is 17.0. The van der Waals surface area contributed by atoms with Gasteiger partial charge in [0.1, 0.15) is 28.5 Å². The number of nitrogens with zero attached hydrogens (tertiary/aromatic N) is 1. The lowest BCUT2D eigenvalue weighted by Gasteiger charge is -2.27.